The van der Waals surface area contributed by atoms with Gasteiger partial charge < -0.3 is 0 Å². The lowest BCUT2D eigenvalue weighted by atomic mass is 10.1. The second-order valence-electron chi connectivity index (χ2n) is 5.46. The summed E-state index contributed by atoms with van der Waals surface area (Å²) in [6, 6.07) is 13.2. The number of halogens is 1. The normalized spacial score (nSPS) is 10.7. The quantitative estimate of drug-likeness (QED) is 0.739. The molecule has 0 radical (unpaired) electrons. The second-order valence-corrected chi connectivity index (χ2v) is 5.46. The third-order valence-electron chi connectivity index (χ3n) is 3.53. The number of pyridine rings is 1. The first-order valence-electron chi connectivity index (χ1n) is 7.30. The summed E-state index contributed by atoms with van der Waals surface area (Å²) in [5, 5.41) is 4.48. The molecule has 1 aromatic carbocycles. The molecule has 0 N–H and O–H groups in total. The number of benzene rings is 1. The molecule has 0 spiro atoms. The zero-order valence-electron chi connectivity index (χ0n) is 13.0. The Hall–Kier alpha value is -2.82. The minimum Gasteiger partial charge on any atom is -0.298 e. The molecule has 4 nitrogen and oxygen atoms in total. The van der Waals surface area contributed by atoms with Crippen LogP contribution in [0.15, 0.2) is 48.7 Å². The maximum absolute atomic E-state index is 13.4. The number of rotatable bonds is 4. The van der Waals surface area contributed by atoms with Gasteiger partial charge in [-0.2, -0.15) is 5.10 Å². The van der Waals surface area contributed by atoms with E-state index in [1.54, 1.807) is 17.7 Å². The highest BCUT2D eigenvalue weighted by Gasteiger charge is 2.14. The Balaban J connectivity index is 2.10. The number of hydrogen-bond acceptors (Lipinski definition) is 3. The van der Waals surface area contributed by atoms with Crippen LogP contribution in [-0.2, 0) is 11.3 Å². The van der Waals surface area contributed by atoms with Gasteiger partial charge in [0, 0.05) is 0 Å². The van der Waals surface area contributed by atoms with Crippen molar-refractivity contribution in [1.82, 2.24) is 14.8 Å². The van der Waals surface area contributed by atoms with Gasteiger partial charge in [0.05, 0.1) is 24.1 Å². The van der Waals surface area contributed by atoms with Gasteiger partial charge in [-0.05, 0) is 37.1 Å². The van der Waals surface area contributed by atoms with E-state index in [-0.39, 0.29) is 18.1 Å². The maximum Gasteiger partial charge on any atom is 0.151 e. The molecule has 0 saturated heterocycles. The lowest BCUT2D eigenvalue weighted by Gasteiger charge is -2.04. The molecule has 5 heteroatoms. The van der Waals surface area contributed by atoms with Crippen molar-refractivity contribution in [3.63, 3.8) is 0 Å². The van der Waals surface area contributed by atoms with Gasteiger partial charge in [-0.1, -0.05) is 30.3 Å². The first-order chi connectivity index (χ1) is 11.0. The highest BCUT2D eigenvalue weighted by Crippen LogP contribution is 2.26. The molecule has 0 saturated carbocycles. The third kappa shape index (κ3) is 3.18. The zero-order chi connectivity index (χ0) is 16.4. The van der Waals surface area contributed by atoms with Crippen molar-refractivity contribution >= 4 is 5.78 Å². The van der Waals surface area contributed by atoms with E-state index < -0.39 is 0 Å². The Morgan fingerprint density at radius 3 is 2.57 bits per heavy atom. The highest BCUT2D eigenvalue weighted by molar-refractivity contribution is 5.77. The zero-order valence-corrected chi connectivity index (χ0v) is 13.0. The minimum absolute atomic E-state index is 0.0140. The summed E-state index contributed by atoms with van der Waals surface area (Å²) >= 11 is 0. The average molecular weight is 309 g/mol. The maximum atomic E-state index is 13.4. The second kappa shape index (κ2) is 6.12. The Morgan fingerprint density at radius 2 is 1.91 bits per heavy atom. The molecule has 116 valence electrons. The molecule has 0 atom stereocenters. The monoisotopic (exact) mass is 309 g/mol. The standard InChI is InChI=1S/C18H16FN3O/c1-12-8-16(20-10-15(12)19)17-9-18(14-6-4-3-5-7-14)22(21-17)11-13(2)23/h3-10H,11H2,1-2H3. The van der Waals surface area contributed by atoms with Crippen LogP contribution in [0.2, 0.25) is 0 Å². The van der Waals surface area contributed by atoms with E-state index in [4.69, 9.17) is 0 Å². The predicted octanol–water partition coefficient (Wildman–Crippen LogP) is 3.65. The lowest BCUT2D eigenvalue weighted by Crippen LogP contribution is -2.09. The molecule has 0 unspecified atom stereocenters. The molecule has 23 heavy (non-hydrogen) atoms. The van der Waals surface area contributed by atoms with Gasteiger partial charge in [-0.25, -0.2) is 4.39 Å². The van der Waals surface area contributed by atoms with Crippen molar-refractivity contribution in [1.29, 1.82) is 0 Å². The minimum atomic E-state index is -0.347. The van der Waals surface area contributed by atoms with E-state index in [2.05, 4.69) is 10.1 Å². The lowest BCUT2D eigenvalue weighted by molar-refractivity contribution is -0.117. The predicted molar refractivity (Wildman–Crippen MR) is 86.3 cm³/mol. The number of ketones is 1. The third-order valence-corrected chi connectivity index (χ3v) is 3.53. The van der Waals surface area contributed by atoms with Gasteiger partial charge in [0.1, 0.15) is 11.5 Å². The molecular weight excluding hydrogens is 293 g/mol. The Bertz CT molecular complexity index is 856. The van der Waals surface area contributed by atoms with E-state index in [9.17, 15) is 9.18 Å². The topological polar surface area (TPSA) is 47.8 Å². The first kappa shape index (κ1) is 15.1. The number of nitrogens with zero attached hydrogens (tertiary/aromatic N) is 3. The van der Waals surface area contributed by atoms with Gasteiger partial charge in [-0.15, -0.1) is 0 Å². The van der Waals surface area contributed by atoms with Crippen LogP contribution in [0.1, 0.15) is 12.5 Å². The molecule has 0 aliphatic heterocycles. The fourth-order valence-corrected chi connectivity index (χ4v) is 2.39. The van der Waals surface area contributed by atoms with Gasteiger partial charge in [0.25, 0.3) is 0 Å². The molecule has 0 fully saturated rings. The summed E-state index contributed by atoms with van der Waals surface area (Å²) in [7, 11) is 0. The van der Waals surface area contributed by atoms with Crippen LogP contribution in [0.4, 0.5) is 4.39 Å². The summed E-state index contributed by atoms with van der Waals surface area (Å²) in [4.78, 5) is 15.6. The van der Waals surface area contributed by atoms with Crippen LogP contribution in [-0.4, -0.2) is 20.5 Å². The molecule has 0 amide bonds. The molecular formula is C18H16FN3O. The Kier molecular flexibility index (Phi) is 4.02. The van der Waals surface area contributed by atoms with Gasteiger partial charge in [-0.3, -0.25) is 14.5 Å². The number of Topliss-reactive ketones (excluding diaryl/α,β-unsaturated/α-hetero) is 1. The summed E-state index contributed by atoms with van der Waals surface area (Å²) in [6.45, 7) is 3.39. The van der Waals surface area contributed by atoms with E-state index >= 15 is 0 Å². The molecule has 3 aromatic rings. The first-order valence-corrected chi connectivity index (χ1v) is 7.30. The van der Waals surface area contributed by atoms with E-state index in [0.29, 0.717) is 17.0 Å². The van der Waals surface area contributed by atoms with Crippen molar-refractivity contribution in [2.75, 3.05) is 0 Å². The van der Waals surface area contributed by atoms with Crippen LogP contribution in [0.25, 0.3) is 22.6 Å². The molecule has 3 rings (SSSR count). The summed E-state index contributed by atoms with van der Waals surface area (Å²) in [5.74, 6) is -0.333. The van der Waals surface area contributed by atoms with Crippen molar-refractivity contribution in [3.8, 4) is 22.6 Å². The average Bonchev–Trinajstić information content (AvgIpc) is 2.94. The molecule has 0 aliphatic carbocycles. The number of carbonyl (C=O) groups is 1. The van der Waals surface area contributed by atoms with Crippen LogP contribution in [0, 0.1) is 12.7 Å². The number of aromatic nitrogens is 3. The molecule has 0 aliphatic rings. The van der Waals surface area contributed by atoms with Gasteiger partial charge in [0.2, 0.25) is 0 Å². The van der Waals surface area contributed by atoms with Crippen molar-refractivity contribution < 1.29 is 9.18 Å². The Labute approximate surface area is 133 Å². The van der Waals surface area contributed by atoms with Crippen LogP contribution in [0.5, 0.6) is 0 Å². The van der Waals surface area contributed by atoms with Gasteiger partial charge >= 0.3 is 0 Å². The fourth-order valence-electron chi connectivity index (χ4n) is 2.39. The van der Waals surface area contributed by atoms with Crippen LogP contribution >= 0.6 is 0 Å². The smallest absolute Gasteiger partial charge is 0.151 e. The molecule has 2 heterocycles. The van der Waals surface area contributed by atoms with Crippen molar-refractivity contribution in [2.24, 2.45) is 0 Å². The van der Waals surface area contributed by atoms with Crippen LogP contribution in [0.3, 0.4) is 0 Å². The molecule has 2 aromatic heterocycles. The van der Waals surface area contributed by atoms with Crippen molar-refractivity contribution in [2.45, 2.75) is 20.4 Å². The van der Waals surface area contributed by atoms with E-state index in [1.165, 1.54) is 13.1 Å². The number of carbonyl (C=O) groups excluding carboxylic acids is 1. The fraction of sp³-hybridized carbons (Fsp3) is 0.167. The van der Waals surface area contributed by atoms with Crippen molar-refractivity contribution in [3.05, 3.63) is 60.0 Å². The number of hydrogen-bond donors (Lipinski definition) is 0. The van der Waals surface area contributed by atoms with E-state index in [1.807, 2.05) is 36.4 Å². The van der Waals surface area contributed by atoms with Gasteiger partial charge in [0.15, 0.2) is 5.78 Å². The van der Waals surface area contributed by atoms with Crippen LogP contribution < -0.4 is 0 Å². The largest absolute Gasteiger partial charge is 0.298 e. The summed E-state index contributed by atoms with van der Waals surface area (Å²) in [6.07, 6.45) is 1.19. The molecule has 0 bridgehead atoms. The summed E-state index contributed by atoms with van der Waals surface area (Å²) < 4.78 is 15.1. The summed E-state index contributed by atoms with van der Waals surface area (Å²) in [5.41, 5.74) is 3.51. The highest BCUT2D eigenvalue weighted by atomic mass is 19.1. The Morgan fingerprint density at radius 1 is 1.17 bits per heavy atom. The van der Waals surface area contributed by atoms with E-state index in [0.717, 1.165) is 11.3 Å². The SMILES string of the molecule is CC(=O)Cn1nc(-c2cc(C)c(F)cn2)cc1-c1ccccc1. The number of aryl methyl sites for hydroxylation is 1.